The quantitative estimate of drug-likeness (QED) is 0.802. The van der Waals surface area contributed by atoms with E-state index in [4.69, 9.17) is 4.74 Å². The van der Waals surface area contributed by atoms with Crippen LogP contribution in [0.15, 0.2) is 48.5 Å². The molecular formula is C20H21FN2O3. The van der Waals surface area contributed by atoms with Gasteiger partial charge in [-0.1, -0.05) is 36.4 Å². The third kappa shape index (κ3) is 4.08. The molecule has 2 aromatic carbocycles. The van der Waals surface area contributed by atoms with Crippen LogP contribution in [0.5, 0.6) is 0 Å². The summed E-state index contributed by atoms with van der Waals surface area (Å²) in [6, 6.07) is 13.8. The Labute approximate surface area is 151 Å². The number of nitrogens with one attached hydrogen (secondary N) is 2. The molecule has 0 saturated heterocycles. The molecule has 0 spiro atoms. The Morgan fingerprint density at radius 2 is 1.58 bits per heavy atom. The minimum atomic E-state index is -0.726. The van der Waals surface area contributed by atoms with Crippen molar-refractivity contribution in [2.24, 2.45) is 0 Å². The Kier molecular flexibility index (Phi) is 5.32. The second-order valence-corrected chi connectivity index (χ2v) is 6.50. The van der Waals surface area contributed by atoms with Gasteiger partial charge in [0, 0.05) is 33.0 Å². The summed E-state index contributed by atoms with van der Waals surface area (Å²) in [4.78, 5) is 24.0. The molecule has 2 amide bonds. The van der Waals surface area contributed by atoms with Crippen LogP contribution in [-0.4, -0.2) is 31.1 Å². The number of carbonyl (C=O) groups is 2. The highest BCUT2D eigenvalue weighted by molar-refractivity contribution is 6.35. The van der Waals surface area contributed by atoms with Gasteiger partial charge in [-0.3, -0.25) is 9.59 Å². The first-order chi connectivity index (χ1) is 12.5. The van der Waals surface area contributed by atoms with Crippen LogP contribution in [0.3, 0.4) is 0 Å². The van der Waals surface area contributed by atoms with Crippen LogP contribution in [0, 0.1) is 5.82 Å². The lowest BCUT2D eigenvalue weighted by Crippen LogP contribution is -2.49. The first kappa shape index (κ1) is 18.1. The van der Waals surface area contributed by atoms with Gasteiger partial charge in [-0.05, 0) is 28.8 Å². The zero-order valence-electron chi connectivity index (χ0n) is 14.5. The van der Waals surface area contributed by atoms with Gasteiger partial charge < -0.3 is 15.4 Å². The van der Waals surface area contributed by atoms with Gasteiger partial charge in [0.05, 0.1) is 5.60 Å². The van der Waals surface area contributed by atoms with Crippen molar-refractivity contribution in [1.82, 2.24) is 10.6 Å². The van der Waals surface area contributed by atoms with E-state index in [0.717, 1.165) is 0 Å². The summed E-state index contributed by atoms with van der Waals surface area (Å²) in [5.41, 5.74) is 2.58. The van der Waals surface area contributed by atoms with Gasteiger partial charge in [-0.2, -0.15) is 0 Å². The van der Waals surface area contributed by atoms with Crippen molar-refractivity contribution in [1.29, 1.82) is 0 Å². The highest BCUT2D eigenvalue weighted by Gasteiger charge is 2.37. The minimum Gasteiger partial charge on any atom is -0.376 e. The number of hydrogen-bond donors (Lipinski definition) is 2. The molecule has 26 heavy (non-hydrogen) atoms. The molecule has 2 aromatic rings. The summed E-state index contributed by atoms with van der Waals surface area (Å²) in [6.07, 6.45) is 1.38. The smallest absolute Gasteiger partial charge is 0.309 e. The monoisotopic (exact) mass is 356 g/mol. The number of methoxy groups -OCH3 is 1. The van der Waals surface area contributed by atoms with Crippen molar-refractivity contribution in [3.63, 3.8) is 0 Å². The van der Waals surface area contributed by atoms with Crippen LogP contribution in [0.2, 0.25) is 0 Å². The molecule has 0 aromatic heterocycles. The second-order valence-electron chi connectivity index (χ2n) is 6.50. The summed E-state index contributed by atoms with van der Waals surface area (Å²) in [7, 11) is 1.62. The van der Waals surface area contributed by atoms with Crippen molar-refractivity contribution < 1.29 is 18.7 Å². The van der Waals surface area contributed by atoms with Gasteiger partial charge in [0.15, 0.2) is 0 Å². The Morgan fingerprint density at radius 1 is 1.00 bits per heavy atom. The summed E-state index contributed by atoms with van der Waals surface area (Å²) in [5, 5.41) is 5.19. The third-order valence-corrected chi connectivity index (χ3v) is 4.72. The molecule has 6 heteroatoms. The lowest BCUT2D eigenvalue weighted by molar-refractivity contribution is -0.140. The van der Waals surface area contributed by atoms with E-state index >= 15 is 0 Å². The highest BCUT2D eigenvalue weighted by atomic mass is 19.1. The Balaban J connectivity index is 1.51. The summed E-state index contributed by atoms with van der Waals surface area (Å²) in [5.74, 6) is -1.78. The summed E-state index contributed by atoms with van der Waals surface area (Å²) < 4.78 is 18.5. The van der Waals surface area contributed by atoms with Crippen molar-refractivity contribution in [3.8, 4) is 0 Å². The predicted molar refractivity (Wildman–Crippen MR) is 94.8 cm³/mol. The van der Waals surface area contributed by atoms with Crippen molar-refractivity contribution in [2.75, 3.05) is 13.7 Å². The van der Waals surface area contributed by atoms with Crippen molar-refractivity contribution in [3.05, 3.63) is 71.0 Å². The van der Waals surface area contributed by atoms with Crippen LogP contribution < -0.4 is 10.6 Å². The molecule has 2 N–H and O–H groups in total. The number of fused-ring (bicyclic) bond motifs is 1. The maximum atomic E-state index is 12.9. The van der Waals surface area contributed by atoms with Gasteiger partial charge in [0.25, 0.3) is 0 Å². The van der Waals surface area contributed by atoms with Crippen LogP contribution in [0.1, 0.15) is 16.7 Å². The van der Waals surface area contributed by atoms with Gasteiger partial charge in [0.1, 0.15) is 5.82 Å². The number of ether oxygens (including phenoxy) is 1. The lowest BCUT2D eigenvalue weighted by atomic mass is 10.00. The Bertz CT molecular complexity index is 780. The highest BCUT2D eigenvalue weighted by Crippen LogP contribution is 2.31. The number of halogens is 1. The number of hydrogen-bond acceptors (Lipinski definition) is 3. The Hall–Kier alpha value is -2.73. The predicted octanol–water partition coefficient (Wildman–Crippen LogP) is 1.74. The number of rotatable bonds is 5. The fourth-order valence-corrected chi connectivity index (χ4v) is 3.19. The van der Waals surface area contributed by atoms with Gasteiger partial charge in [-0.25, -0.2) is 4.39 Å². The largest absolute Gasteiger partial charge is 0.376 e. The molecule has 0 bridgehead atoms. The normalized spacial score (nSPS) is 14.5. The van der Waals surface area contributed by atoms with E-state index in [9.17, 15) is 14.0 Å². The molecule has 0 saturated carbocycles. The van der Waals surface area contributed by atoms with Crippen LogP contribution in [0.25, 0.3) is 0 Å². The maximum absolute atomic E-state index is 12.9. The van der Waals surface area contributed by atoms with Crippen LogP contribution in [-0.2, 0) is 33.7 Å². The molecule has 5 nitrogen and oxygen atoms in total. The number of amides is 2. The SMILES string of the molecule is COC1(CNC(=O)C(=O)NCc2ccc(F)cc2)Cc2ccccc2C1. The minimum absolute atomic E-state index is 0.160. The molecule has 1 aliphatic rings. The average Bonchev–Trinajstić information content (AvgIpc) is 3.04. The van der Waals surface area contributed by atoms with E-state index in [1.807, 2.05) is 24.3 Å². The van der Waals surface area contributed by atoms with Gasteiger partial charge in [0.2, 0.25) is 0 Å². The zero-order valence-corrected chi connectivity index (χ0v) is 14.5. The molecule has 0 aliphatic heterocycles. The number of carbonyl (C=O) groups excluding carboxylic acids is 2. The van der Waals surface area contributed by atoms with E-state index < -0.39 is 17.4 Å². The van der Waals surface area contributed by atoms with E-state index in [2.05, 4.69) is 10.6 Å². The average molecular weight is 356 g/mol. The zero-order chi connectivity index (χ0) is 18.6. The molecule has 0 radical (unpaired) electrons. The van der Waals surface area contributed by atoms with Crippen molar-refractivity contribution >= 4 is 11.8 Å². The summed E-state index contributed by atoms with van der Waals surface area (Å²) in [6.45, 7) is 0.411. The Morgan fingerprint density at radius 3 is 2.15 bits per heavy atom. The lowest BCUT2D eigenvalue weighted by Gasteiger charge is -2.27. The molecule has 0 fully saturated rings. The molecule has 0 heterocycles. The molecular weight excluding hydrogens is 335 g/mol. The van der Waals surface area contributed by atoms with E-state index in [-0.39, 0.29) is 18.9 Å². The van der Waals surface area contributed by atoms with Crippen LogP contribution >= 0.6 is 0 Å². The first-order valence-corrected chi connectivity index (χ1v) is 8.44. The molecule has 1 aliphatic carbocycles. The van der Waals surface area contributed by atoms with Gasteiger partial charge in [-0.15, -0.1) is 0 Å². The van der Waals surface area contributed by atoms with Gasteiger partial charge >= 0.3 is 11.8 Å². The van der Waals surface area contributed by atoms with E-state index in [0.29, 0.717) is 18.4 Å². The molecule has 3 rings (SSSR count). The van der Waals surface area contributed by atoms with Crippen LogP contribution in [0.4, 0.5) is 4.39 Å². The van der Waals surface area contributed by atoms with E-state index in [1.54, 1.807) is 19.2 Å². The van der Waals surface area contributed by atoms with E-state index in [1.165, 1.54) is 23.3 Å². The molecule has 0 atom stereocenters. The standard InChI is InChI=1S/C20H21FN2O3/c1-26-20(10-15-4-2-3-5-16(15)11-20)13-23-19(25)18(24)22-12-14-6-8-17(21)9-7-14/h2-9H,10-13H2,1H3,(H,22,24)(H,23,25). The number of benzene rings is 2. The molecule has 136 valence electrons. The fourth-order valence-electron chi connectivity index (χ4n) is 3.19. The fraction of sp³-hybridized carbons (Fsp3) is 0.300. The topological polar surface area (TPSA) is 67.4 Å². The maximum Gasteiger partial charge on any atom is 0.309 e. The summed E-state index contributed by atoms with van der Waals surface area (Å²) >= 11 is 0. The first-order valence-electron chi connectivity index (χ1n) is 8.44. The van der Waals surface area contributed by atoms with Crippen molar-refractivity contribution in [2.45, 2.75) is 25.0 Å². The molecule has 0 unspecified atom stereocenters. The third-order valence-electron chi connectivity index (χ3n) is 4.72. The second kappa shape index (κ2) is 7.66.